The Balaban J connectivity index is 1.75. The van der Waals surface area contributed by atoms with Gasteiger partial charge in [0.2, 0.25) is 0 Å². The summed E-state index contributed by atoms with van der Waals surface area (Å²) in [6, 6.07) is 15.3. The van der Waals surface area contributed by atoms with E-state index in [2.05, 4.69) is 20.4 Å². The van der Waals surface area contributed by atoms with Gasteiger partial charge in [0.05, 0.1) is 37.2 Å². The van der Waals surface area contributed by atoms with Crippen LogP contribution in [0.3, 0.4) is 0 Å². The summed E-state index contributed by atoms with van der Waals surface area (Å²) in [7, 11) is 3.28. The molecule has 0 radical (unpaired) electrons. The lowest BCUT2D eigenvalue weighted by molar-refractivity contribution is 0.414. The second kappa shape index (κ2) is 6.72. The fourth-order valence-corrected chi connectivity index (χ4v) is 2.73. The van der Waals surface area contributed by atoms with Crippen LogP contribution in [0.25, 0.3) is 16.7 Å². The molecular formula is C19H17N5O2. The molecule has 2 heterocycles. The SMILES string of the molecule is COc1ccc(-n2ncc3c(Nc4ccccc4OC)ncnc32)cc1. The molecule has 0 fully saturated rings. The minimum atomic E-state index is 0.666. The number of ether oxygens (including phenoxy) is 2. The molecule has 0 spiro atoms. The standard InChI is InChI=1S/C19H17N5O2/c1-25-14-9-7-13(8-10-14)24-19-15(11-22-24)18(20-12-21-19)23-16-5-3-4-6-17(16)26-2/h3-12H,1-2H3,(H,20,21,23). The van der Waals surface area contributed by atoms with Gasteiger partial charge < -0.3 is 14.8 Å². The van der Waals surface area contributed by atoms with E-state index in [0.717, 1.165) is 28.3 Å². The molecule has 0 atom stereocenters. The van der Waals surface area contributed by atoms with E-state index in [1.165, 1.54) is 6.33 Å². The average Bonchev–Trinajstić information content (AvgIpc) is 3.14. The zero-order chi connectivity index (χ0) is 17.9. The van der Waals surface area contributed by atoms with Gasteiger partial charge in [-0.3, -0.25) is 0 Å². The van der Waals surface area contributed by atoms with Crippen LogP contribution in [0.4, 0.5) is 11.5 Å². The van der Waals surface area contributed by atoms with E-state index in [1.54, 1.807) is 25.1 Å². The Morgan fingerprint density at radius 2 is 1.73 bits per heavy atom. The largest absolute Gasteiger partial charge is 0.497 e. The maximum atomic E-state index is 5.39. The number of methoxy groups -OCH3 is 2. The summed E-state index contributed by atoms with van der Waals surface area (Å²) in [6.07, 6.45) is 3.26. The highest BCUT2D eigenvalue weighted by atomic mass is 16.5. The molecule has 4 aromatic rings. The van der Waals surface area contributed by atoms with Crippen molar-refractivity contribution < 1.29 is 9.47 Å². The van der Waals surface area contributed by atoms with Crippen LogP contribution in [0.2, 0.25) is 0 Å². The van der Waals surface area contributed by atoms with E-state index in [9.17, 15) is 0 Å². The summed E-state index contributed by atoms with van der Waals surface area (Å²) in [5.74, 6) is 2.19. The van der Waals surface area contributed by atoms with Crippen LogP contribution >= 0.6 is 0 Å². The Morgan fingerprint density at radius 1 is 0.923 bits per heavy atom. The van der Waals surface area contributed by atoms with Crippen molar-refractivity contribution in [1.29, 1.82) is 0 Å². The zero-order valence-corrected chi connectivity index (χ0v) is 14.4. The number of nitrogens with zero attached hydrogens (tertiary/aromatic N) is 4. The zero-order valence-electron chi connectivity index (χ0n) is 14.4. The fraction of sp³-hybridized carbons (Fsp3) is 0.105. The Hall–Kier alpha value is -3.61. The maximum absolute atomic E-state index is 5.39. The van der Waals surface area contributed by atoms with Crippen molar-refractivity contribution in [2.45, 2.75) is 0 Å². The first kappa shape index (κ1) is 15.9. The first-order valence-electron chi connectivity index (χ1n) is 8.03. The molecule has 4 rings (SSSR count). The molecule has 1 N–H and O–H groups in total. The molecule has 7 nitrogen and oxygen atoms in total. The lowest BCUT2D eigenvalue weighted by Gasteiger charge is -2.10. The Morgan fingerprint density at radius 3 is 2.50 bits per heavy atom. The molecule has 0 aliphatic carbocycles. The summed E-state index contributed by atoms with van der Waals surface area (Å²) in [5.41, 5.74) is 2.43. The van der Waals surface area contributed by atoms with Crippen LogP contribution in [0.5, 0.6) is 11.5 Å². The average molecular weight is 347 g/mol. The van der Waals surface area contributed by atoms with Gasteiger partial charge in [-0.2, -0.15) is 5.10 Å². The van der Waals surface area contributed by atoms with Crippen molar-refractivity contribution in [2.24, 2.45) is 0 Å². The van der Waals surface area contributed by atoms with Crippen LogP contribution in [0, 0.1) is 0 Å². The summed E-state index contributed by atoms with van der Waals surface area (Å²) in [6.45, 7) is 0. The molecule has 0 aliphatic rings. The van der Waals surface area contributed by atoms with Gasteiger partial charge in [-0.1, -0.05) is 12.1 Å². The van der Waals surface area contributed by atoms with E-state index >= 15 is 0 Å². The number of hydrogen-bond acceptors (Lipinski definition) is 6. The molecule has 0 aliphatic heterocycles. The number of fused-ring (bicyclic) bond motifs is 1. The molecule has 0 saturated carbocycles. The fourth-order valence-electron chi connectivity index (χ4n) is 2.73. The molecule has 26 heavy (non-hydrogen) atoms. The minimum absolute atomic E-state index is 0.666. The summed E-state index contributed by atoms with van der Waals surface area (Å²) >= 11 is 0. The quantitative estimate of drug-likeness (QED) is 0.595. The lowest BCUT2D eigenvalue weighted by atomic mass is 10.2. The van der Waals surface area contributed by atoms with Crippen molar-refractivity contribution in [3.63, 3.8) is 0 Å². The van der Waals surface area contributed by atoms with Crippen molar-refractivity contribution >= 4 is 22.5 Å². The third-order valence-electron chi connectivity index (χ3n) is 4.04. The molecule has 7 heteroatoms. The highest BCUT2D eigenvalue weighted by Gasteiger charge is 2.12. The van der Waals surface area contributed by atoms with E-state index < -0.39 is 0 Å². The second-order valence-corrected chi connectivity index (χ2v) is 5.54. The third-order valence-corrected chi connectivity index (χ3v) is 4.04. The van der Waals surface area contributed by atoms with E-state index in [4.69, 9.17) is 9.47 Å². The van der Waals surface area contributed by atoms with Gasteiger partial charge in [0.15, 0.2) is 5.65 Å². The second-order valence-electron chi connectivity index (χ2n) is 5.54. The van der Waals surface area contributed by atoms with Crippen LogP contribution in [-0.4, -0.2) is 34.0 Å². The molecule has 2 aromatic carbocycles. The molecule has 0 unspecified atom stereocenters. The number of para-hydroxylation sites is 2. The molecule has 0 bridgehead atoms. The van der Waals surface area contributed by atoms with Crippen molar-refractivity contribution in [2.75, 3.05) is 19.5 Å². The molecular weight excluding hydrogens is 330 g/mol. The molecule has 130 valence electrons. The van der Waals surface area contributed by atoms with Crippen LogP contribution in [0.1, 0.15) is 0 Å². The van der Waals surface area contributed by atoms with Gasteiger partial charge >= 0.3 is 0 Å². The van der Waals surface area contributed by atoms with Crippen molar-refractivity contribution in [1.82, 2.24) is 19.7 Å². The molecule has 0 saturated heterocycles. The van der Waals surface area contributed by atoms with Gasteiger partial charge in [0, 0.05) is 0 Å². The van der Waals surface area contributed by atoms with Gasteiger partial charge in [0.1, 0.15) is 23.6 Å². The Labute approximate surface area is 150 Å². The van der Waals surface area contributed by atoms with Crippen LogP contribution < -0.4 is 14.8 Å². The first-order valence-corrected chi connectivity index (χ1v) is 8.03. The van der Waals surface area contributed by atoms with E-state index in [-0.39, 0.29) is 0 Å². The van der Waals surface area contributed by atoms with Gasteiger partial charge in [0.25, 0.3) is 0 Å². The maximum Gasteiger partial charge on any atom is 0.168 e. The van der Waals surface area contributed by atoms with Crippen LogP contribution in [-0.2, 0) is 0 Å². The number of anilines is 2. The third kappa shape index (κ3) is 2.79. The number of aromatic nitrogens is 4. The summed E-state index contributed by atoms with van der Waals surface area (Å²) < 4.78 is 12.4. The van der Waals surface area contributed by atoms with Gasteiger partial charge in [-0.05, 0) is 36.4 Å². The molecule has 2 aromatic heterocycles. The highest BCUT2D eigenvalue weighted by Crippen LogP contribution is 2.29. The Kier molecular flexibility index (Phi) is 4.10. The number of benzene rings is 2. The molecule has 0 amide bonds. The smallest absolute Gasteiger partial charge is 0.168 e. The summed E-state index contributed by atoms with van der Waals surface area (Å²) in [4.78, 5) is 8.75. The Bertz CT molecular complexity index is 1040. The normalized spacial score (nSPS) is 10.7. The number of hydrogen-bond donors (Lipinski definition) is 1. The van der Waals surface area contributed by atoms with Crippen LogP contribution in [0.15, 0.2) is 61.1 Å². The van der Waals surface area contributed by atoms with Crippen molar-refractivity contribution in [3.8, 4) is 17.2 Å². The van der Waals surface area contributed by atoms with E-state index in [0.29, 0.717) is 11.5 Å². The highest BCUT2D eigenvalue weighted by molar-refractivity contribution is 5.89. The number of nitrogens with one attached hydrogen (secondary N) is 1. The monoisotopic (exact) mass is 347 g/mol. The summed E-state index contributed by atoms with van der Waals surface area (Å²) in [5, 5.41) is 8.58. The predicted octanol–water partition coefficient (Wildman–Crippen LogP) is 3.58. The van der Waals surface area contributed by atoms with Gasteiger partial charge in [-0.25, -0.2) is 14.6 Å². The minimum Gasteiger partial charge on any atom is -0.497 e. The van der Waals surface area contributed by atoms with E-state index in [1.807, 2.05) is 48.5 Å². The first-order chi connectivity index (χ1) is 12.8. The number of rotatable bonds is 5. The predicted molar refractivity (Wildman–Crippen MR) is 99.5 cm³/mol. The van der Waals surface area contributed by atoms with Gasteiger partial charge in [-0.15, -0.1) is 0 Å². The topological polar surface area (TPSA) is 74.1 Å². The lowest BCUT2D eigenvalue weighted by Crippen LogP contribution is -2.00. The van der Waals surface area contributed by atoms with Crippen molar-refractivity contribution in [3.05, 3.63) is 61.1 Å².